The fourth-order valence-corrected chi connectivity index (χ4v) is 7.63. The van der Waals surface area contributed by atoms with Crippen LogP contribution in [0, 0.1) is 11.3 Å². The standard InChI is InChI=1S/C43H25N3O/c44-26-34-39(45-35-21-8-4-15-29(35)30-16-5-9-22-36(30)45)25-40-41(33-20-12-19-28(43(33)47-40)27-13-2-1-3-14-27)42(34)46-37-23-10-6-17-31(37)32-18-7-11-24-38(32)46/h1-25H. The van der Waals surface area contributed by atoms with E-state index in [0.29, 0.717) is 5.56 Å². The van der Waals surface area contributed by atoms with E-state index in [2.05, 4.69) is 161 Å². The van der Waals surface area contributed by atoms with Gasteiger partial charge < -0.3 is 13.6 Å². The molecule has 0 N–H and O–H groups in total. The summed E-state index contributed by atoms with van der Waals surface area (Å²) in [4.78, 5) is 0. The van der Waals surface area contributed by atoms with Crippen molar-refractivity contribution in [3.63, 3.8) is 0 Å². The molecule has 0 radical (unpaired) electrons. The van der Waals surface area contributed by atoms with Crippen LogP contribution in [0.15, 0.2) is 156 Å². The van der Waals surface area contributed by atoms with Crippen LogP contribution in [0.1, 0.15) is 5.56 Å². The molecule has 218 valence electrons. The molecule has 4 nitrogen and oxygen atoms in total. The zero-order chi connectivity index (χ0) is 31.1. The van der Waals surface area contributed by atoms with Gasteiger partial charge in [0.1, 0.15) is 22.8 Å². The first-order valence-corrected chi connectivity index (χ1v) is 15.8. The van der Waals surface area contributed by atoms with E-state index in [1.165, 1.54) is 0 Å². The Hall–Kier alpha value is -6.57. The lowest BCUT2D eigenvalue weighted by Crippen LogP contribution is -2.05. The van der Waals surface area contributed by atoms with Gasteiger partial charge in [0.2, 0.25) is 0 Å². The average Bonchev–Trinajstić information content (AvgIpc) is 3.79. The average molecular weight is 600 g/mol. The van der Waals surface area contributed by atoms with Gasteiger partial charge >= 0.3 is 0 Å². The first-order chi connectivity index (χ1) is 23.3. The fourth-order valence-electron chi connectivity index (χ4n) is 7.63. The van der Waals surface area contributed by atoms with Crippen molar-refractivity contribution in [2.45, 2.75) is 0 Å². The van der Waals surface area contributed by atoms with Gasteiger partial charge in [-0.15, -0.1) is 0 Å². The second-order valence-electron chi connectivity index (χ2n) is 12.0. The Bertz CT molecular complexity index is 2810. The minimum atomic E-state index is 0.586. The maximum Gasteiger partial charge on any atom is 0.143 e. The number of aromatic nitrogens is 2. The number of rotatable bonds is 3. The molecule has 7 aromatic carbocycles. The molecule has 3 aromatic heterocycles. The zero-order valence-corrected chi connectivity index (χ0v) is 25.2. The summed E-state index contributed by atoms with van der Waals surface area (Å²) in [5, 5.41) is 17.7. The summed E-state index contributed by atoms with van der Waals surface area (Å²) in [6, 6.07) is 55.2. The zero-order valence-electron chi connectivity index (χ0n) is 25.2. The molecular formula is C43H25N3O. The van der Waals surface area contributed by atoms with Gasteiger partial charge in [-0.05, 0) is 29.8 Å². The lowest BCUT2D eigenvalue weighted by molar-refractivity contribution is 0.669. The van der Waals surface area contributed by atoms with Crippen molar-refractivity contribution in [1.29, 1.82) is 5.26 Å². The number of nitrogens with zero attached hydrogens (tertiary/aromatic N) is 3. The second kappa shape index (κ2) is 9.71. The summed E-state index contributed by atoms with van der Waals surface area (Å²) in [6.45, 7) is 0. The first kappa shape index (κ1) is 25.7. The van der Waals surface area contributed by atoms with Crippen LogP contribution >= 0.6 is 0 Å². The van der Waals surface area contributed by atoms with Gasteiger partial charge in [0, 0.05) is 38.6 Å². The van der Waals surface area contributed by atoms with E-state index in [9.17, 15) is 5.26 Å². The summed E-state index contributed by atoms with van der Waals surface area (Å²) < 4.78 is 11.4. The molecule has 0 aliphatic heterocycles. The van der Waals surface area contributed by atoms with Crippen LogP contribution in [-0.2, 0) is 0 Å². The quantitative estimate of drug-likeness (QED) is 0.203. The normalized spacial score (nSPS) is 11.8. The second-order valence-corrected chi connectivity index (χ2v) is 12.0. The number of furan rings is 1. The van der Waals surface area contributed by atoms with Gasteiger partial charge in [-0.25, -0.2) is 0 Å². The van der Waals surface area contributed by atoms with E-state index >= 15 is 0 Å². The van der Waals surface area contributed by atoms with Crippen molar-refractivity contribution in [3.05, 3.63) is 157 Å². The molecule has 3 heterocycles. The van der Waals surface area contributed by atoms with Crippen LogP contribution in [0.4, 0.5) is 0 Å². The minimum Gasteiger partial charge on any atom is -0.455 e. The van der Waals surface area contributed by atoms with Crippen molar-refractivity contribution in [2.24, 2.45) is 0 Å². The molecule has 0 amide bonds. The summed E-state index contributed by atoms with van der Waals surface area (Å²) >= 11 is 0. The van der Waals surface area contributed by atoms with Crippen molar-refractivity contribution in [3.8, 4) is 28.6 Å². The Balaban J connectivity index is 1.46. The highest BCUT2D eigenvalue weighted by Gasteiger charge is 2.26. The molecule has 0 unspecified atom stereocenters. The van der Waals surface area contributed by atoms with Crippen molar-refractivity contribution in [2.75, 3.05) is 0 Å². The van der Waals surface area contributed by atoms with Crippen LogP contribution in [0.2, 0.25) is 0 Å². The van der Waals surface area contributed by atoms with Crippen molar-refractivity contribution >= 4 is 65.6 Å². The lowest BCUT2D eigenvalue weighted by Gasteiger charge is -2.17. The number of fused-ring (bicyclic) bond motifs is 9. The molecule has 0 atom stereocenters. The molecule has 0 saturated heterocycles. The van der Waals surface area contributed by atoms with Gasteiger partial charge in [0.15, 0.2) is 0 Å². The van der Waals surface area contributed by atoms with Crippen LogP contribution in [0.25, 0.3) is 88.1 Å². The minimum absolute atomic E-state index is 0.586. The number of para-hydroxylation sites is 5. The summed E-state index contributed by atoms with van der Waals surface area (Å²) in [7, 11) is 0. The molecule has 0 aliphatic rings. The molecule has 0 saturated carbocycles. The van der Waals surface area contributed by atoms with E-state index in [4.69, 9.17) is 4.42 Å². The Morgan fingerprint density at radius 3 is 1.53 bits per heavy atom. The summed E-state index contributed by atoms with van der Waals surface area (Å²) in [6.07, 6.45) is 0. The molecule has 47 heavy (non-hydrogen) atoms. The highest BCUT2D eigenvalue weighted by molar-refractivity contribution is 6.18. The molecule has 10 rings (SSSR count). The van der Waals surface area contributed by atoms with E-state index in [0.717, 1.165) is 88.1 Å². The third kappa shape index (κ3) is 3.51. The monoisotopic (exact) mass is 599 g/mol. The molecule has 4 heteroatoms. The number of nitriles is 1. The third-order valence-electron chi connectivity index (χ3n) is 9.56. The van der Waals surface area contributed by atoms with Gasteiger partial charge in [0.25, 0.3) is 0 Å². The Morgan fingerprint density at radius 2 is 0.979 bits per heavy atom. The lowest BCUT2D eigenvalue weighted by atomic mass is 10.00. The van der Waals surface area contributed by atoms with Crippen LogP contribution in [-0.4, -0.2) is 9.13 Å². The Morgan fingerprint density at radius 1 is 0.489 bits per heavy atom. The fraction of sp³-hybridized carbons (Fsp3) is 0. The predicted molar refractivity (Wildman–Crippen MR) is 193 cm³/mol. The van der Waals surface area contributed by atoms with Crippen LogP contribution < -0.4 is 0 Å². The van der Waals surface area contributed by atoms with Gasteiger partial charge in [-0.2, -0.15) is 5.26 Å². The number of hydrogen-bond acceptors (Lipinski definition) is 2. The molecule has 0 bridgehead atoms. The van der Waals surface area contributed by atoms with Gasteiger partial charge in [-0.1, -0.05) is 121 Å². The molecular weight excluding hydrogens is 574 g/mol. The van der Waals surface area contributed by atoms with Crippen LogP contribution in [0.3, 0.4) is 0 Å². The molecule has 0 aliphatic carbocycles. The topological polar surface area (TPSA) is 46.8 Å². The van der Waals surface area contributed by atoms with Crippen molar-refractivity contribution in [1.82, 2.24) is 9.13 Å². The maximum atomic E-state index is 11.3. The highest BCUT2D eigenvalue weighted by atomic mass is 16.3. The maximum absolute atomic E-state index is 11.3. The molecule has 0 spiro atoms. The van der Waals surface area contributed by atoms with E-state index in [1.54, 1.807) is 0 Å². The van der Waals surface area contributed by atoms with E-state index in [1.807, 2.05) is 6.07 Å². The van der Waals surface area contributed by atoms with E-state index < -0.39 is 0 Å². The Labute approximate surface area is 269 Å². The van der Waals surface area contributed by atoms with E-state index in [-0.39, 0.29) is 0 Å². The predicted octanol–water partition coefficient (Wildman–Crippen LogP) is 11.3. The molecule has 0 fully saturated rings. The SMILES string of the molecule is N#Cc1c(-n2c3ccccc3c3ccccc32)cc2oc3c(-c4ccccc4)cccc3c2c1-n1c2ccccc2c2ccccc21. The van der Waals surface area contributed by atoms with Gasteiger partial charge in [0.05, 0.1) is 38.8 Å². The summed E-state index contributed by atoms with van der Waals surface area (Å²) in [5.74, 6) is 0. The smallest absolute Gasteiger partial charge is 0.143 e. The molecule has 10 aromatic rings. The number of benzene rings is 7. The number of hydrogen-bond donors (Lipinski definition) is 0. The Kier molecular flexibility index (Phi) is 5.32. The summed E-state index contributed by atoms with van der Waals surface area (Å²) in [5.41, 5.74) is 10.00. The van der Waals surface area contributed by atoms with Crippen molar-refractivity contribution < 1.29 is 4.42 Å². The van der Waals surface area contributed by atoms with Crippen LogP contribution in [0.5, 0.6) is 0 Å². The largest absolute Gasteiger partial charge is 0.455 e. The first-order valence-electron chi connectivity index (χ1n) is 15.8. The third-order valence-corrected chi connectivity index (χ3v) is 9.56. The highest BCUT2D eigenvalue weighted by Crippen LogP contribution is 2.45. The van der Waals surface area contributed by atoms with Gasteiger partial charge in [-0.3, -0.25) is 0 Å².